The molecule has 22 heavy (non-hydrogen) atoms. The molecule has 1 aromatic heterocycles. The lowest BCUT2D eigenvalue weighted by Crippen LogP contribution is -2.18. The lowest BCUT2D eigenvalue weighted by Gasteiger charge is -2.16. The molecule has 1 unspecified atom stereocenters. The van der Waals surface area contributed by atoms with Crippen LogP contribution < -0.4 is 5.73 Å². The summed E-state index contributed by atoms with van der Waals surface area (Å²) in [6.07, 6.45) is 0. The van der Waals surface area contributed by atoms with Crippen LogP contribution in [0.5, 0.6) is 0 Å². The van der Waals surface area contributed by atoms with E-state index in [9.17, 15) is 4.39 Å². The molecule has 0 aliphatic rings. The molecule has 0 radical (unpaired) electrons. The van der Waals surface area contributed by atoms with Gasteiger partial charge in [0.2, 0.25) is 0 Å². The number of benzene rings is 2. The van der Waals surface area contributed by atoms with Gasteiger partial charge in [-0.2, -0.15) is 5.10 Å². The van der Waals surface area contributed by atoms with Crippen molar-refractivity contribution in [2.75, 3.05) is 6.54 Å². The van der Waals surface area contributed by atoms with E-state index in [1.807, 2.05) is 49.5 Å². The Morgan fingerprint density at radius 3 is 2.45 bits per heavy atom. The quantitative estimate of drug-likeness (QED) is 0.802. The molecule has 0 saturated heterocycles. The minimum Gasteiger partial charge on any atom is -0.329 e. The third kappa shape index (κ3) is 2.65. The summed E-state index contributed by atoms with van der Waals surface area (Å²) < 4.78 is 15.9. The second kappa shape index (κ2) is 6.12. The molecule has 1 heterocycles. The zero-order chi connectivity index (χ0) is 15.5. The van der Waals surface area contributed by atoms with Crippen LogP contribution in [-0.2, 0) is 7.05 Å². The van der Waals surface area contributed by atoms with Gasteiger partial charge in [-0.05, 0) is 17.7 Å². The molecule has 0 amide bonds. The van der Waals surface area contributed by atoms with Crippen molar-refractivity contribution in [3.05, 3.63) is 77.7 Å². The van der Waals surface area contributed by atoms with Gasteiger partial charge in [-0.1, -0.05) is 48.5 Å². The van der Waals surface area contributed by atoms with Gasteiger partial charge in [-0.3, -0.25) is 4.68 Å². The van der Waals surface area contributed by atoms with E-state index in [0.717, 1.165) is 17.0 Å². The standard InChI is InChI=1S/C18H18FN3/c1-22-18(11-17(21-22)13-7-3-2-4-8-13)15(12-20)14-9-5-6-10-16(14)19/h2-11,15H,12,20H2,1H3. The van der Waals surface area contributed by atoms with Crippen molar-refractivity contribution < 1.29 is 4.39 Å². The third-order valence-electron chi connectivity index (χ3n) is 3.86. The predicted molar refractivity (Wildman–Crippen MR) is 85.9 cm³/mol. The second-order valence-electron chi connectivity index (χ2n) is 5.25. The summed E-state index contributed by atoms with van der Waals surface area (Å²) in [5.41, 5.74) is 9.33. The minimum atomic E-state index is -0.236. The van der Waals surface area contributed by atoms with Gasteiger partial charge in [0.1, 0.15) is 5.82 Å². The summed E-state index contributed by atoms with van der Waals surface area (Å²) in [6.45, 7) is 0.328. The van der Waals surface area contributed by atoms with E-state index in [1.165, 1.54) is 6.07 Å². The van der Waals surface area contributed by atoms with Crippen molar-refractivity contribution in [2.24, 2.45) is 12.8 Å². The summed E-state index contributed by atoms with van der Waals surface area (Å²) in [5.74, 6) is -0.448. The lowest BCUT2D eigenvalue weighted by molar-refractivity contribution is 0.583. The number of aromatic nitrogens is 2. The fraction of sp³-hybridized carbons (Fsp3) is 0.167. The van der Waals surface area contributed by atoms with E-state index in [1.54, 1.807) is 16.8 Å². The van der Waals surface area contributed by atoms with Gasteiger partial charge < -0.3 is 5.73 Å². The molecule has 3 rings (SSSR count). The van der Waals surface area contributed by atoms with Crippen LogP contribution in [-0.4, -0.2) is 16.3 Å². The SMILES string of the molecule is Cn1nc(-c2ccccc2)cc1C(CN)c1ccccc1F. The molecule has 2 aromatic carbocycles. The van der Waals surface area contributed by atoms with E-state index in [0.29, 0.717) is 12.1 Å². The van der Waals surface area contributed by atoms with Crippen molar-refractivity contribution in [1.82, 2.24) is 9.78 Å². The number of aryl methyl sites for hydroxylation is 1. The predicted octanol–water partition coefficient (Wildman–Crippen LogP) is 3.32. The van der Waals surface area contributed by atoms with Gasteiger partial charge in [-0.25, -0.2) is 4.39 Å². The minimum absolute atomic E-state index is 0.212. The maximum absolute atomic E-state index is 14.1. The molecule has 1 atom stereocenters. The van der Waals surface area contributed by atoms with Gasteiger partial charge in [0.15, 0.2) is 0 Å². The Bertz CT molecular complexity index is 765. The van der Waals surface area contributed by atoms with Gasteiger partial charge in [0, 0.05) is 30.8 Å². The van der Waals surface area contributed by atoms with Crippen LogP contribution in [0.3, 0.4) is 0 Å². The summed E-state index contributed by atoms with van der Waals surface area (Å²) in [5, 5.41) is 4.54. The summed E-state index contributed by atoms with van der Waals surface area (Å²) >= 11 is 0. The highest BCUT2D eigenvalue weighted by molar-refractivity contribution is 5.59. The number of nitrogens with zero attached hydrogens (tertiary/aromatic N) is 2. The largest absolute Gasteiger partial charge is 0.329 e. The maximum Gasteiger partial charge on any atom is 0.127 e. The lowest BCUT2D eigenvalue weighted by atomic mass is 9.94. The van der Waals surface area contributed by atoms with Gasteiger partial charge in [0.05, 0.1) is 5.69 Å². The van der Waals surface area contributed by atoms with Crippen molar-refractivity contribution in [3.8, 4) is 11.3 Å². The Morgan fingerprint density at radius 1 is 1.09 bits per heavy atom. The monoisotopic (exact) mass is 295 g/mol. The molecule has 2 N–H and O–H groups in total. The molecular formula is C18H18FN3. The van der Waals surface area contributed by atoms with Crippen LogP contribution in [0.15, 0.2) is 60.7 Å². The van der Waals surface area contributed by atoms with Crippen LogP contribution in [0.1, 0.15) is 17.2 Å². The van der Waals surface area contributed by atoms with Crippen molar-refractivity contribution in [3.63, 3.8) is 0 Å². The first-order chi connectivity index (χ1) is 10.7. The Labute approximate surface area is 129 Å². The topological polar surface area (TPSA) is 43.8 Å². The van der Waals surface area contributed by atoms with E-state index >= 15 is 0 Å². The zero-order valence-corrected chi connectivity index (χ0v) is 12.4. The molecular weight excluding hydrogens is 277 g/mol. The highest BCUT2D eigenvalue weighted by atomic mass is 19.1. The summed E-state index contributed by atoms with van der Waals surface area (Å²) in [7, 11) is 1.87. The molecule has 0 bridgehead atoms. The Morgan fingerprint density at radius 2 is 1.77 bits per heavy atom. The Kier molecular flexibility index (Phi) is 4.02. The fourth-order valence-corrected chi connectivity index (χ4v) is 2.72. The smallest absolute Gasteiger partial charge is 0.127 e. The number of rotatable bonds is 4. The van der Waals surface area contributed by atoms with Crippen LogP contribution in [0.2, 0.25) is 0 Å². The molecule has 0 aliphatic heterocycles. The molecule has 0 aliphatic carbocycles. The first kappa shape index (κ1) is 14.5. The van der Waals surface area contributed by atoms with Crippen LogP contribution in [0.25, 0.3) is 11.3 Å². The molecule has 112 valence electrons. The van der Waals surface area contributed by atoms with Gasteiger partial charge in [-0.15, -0.1) is 0 Å². The van der Waals surface area contributed by atoms with Crippen molar-refractivity contribution >= 4 is 0 Å². The first-order valence-electron chi connectivity index (χ1n) is 7.24. The maximum atomic E-state index is 14.1. The molecule has 0 fully saturated rings. The van der Waals surface area contributed by atoms with Gasteiger partial charge >= 0.3 is 0 Å². The molecule has 4 heteroatoms. The van der Waals surface area contributed by atoms with Crippen LogP contribution >= 0.6 is 0 Å². The average Bonchev–Trinajstić information content (AvgIpc) is 2.93. The average molecular weight is 295 g/mol. The number of hydrogen-bond donors (Lipinski definition) is 1. The normalized spacial score (nSPS) is 12.3. The van der Waals surface area contributed by atoms with Gasteiger partial charge in [0.25, 0.3) is 0 Å². The Balaban J connectivity index is 2.04. The van der Waals surface area contributed by atoms with E-state index < -0.39 is 0 Å². The molecule has 0 saturated carbocycles. The number of hydrogen-bond acceptors (Lipinski definition) is 2. The van der Waals surface area contributed by atoms with Crippen LogP contribution in [0.4, 0.5) is 4.39 Å². The second-order valence-corrected chi connectivity index (χ2v) is 5.25. The number of nitrogens with two attached hydrogens (primary N) is 1. The van der Waals surface area contributed by atoms with E-state index in [-0.39, 0.29) is 11.7 Å². The van der Waals surface area contributed by atoms with Crippen molar-refractivity contribution in [2.45, 2.75) is 5.92 Å². The highest BCUT2D eigenvalue weighted by Crippen LogP contribution is 2.28. The number of halogens is 1. The zero-order valence-electron chi connectivity index (χ0n) is 12.4. The van der Waals surface area contributed by atoms with E-state index in [2.05, 4.69) is 5.10 Å². The third-order valence-corrected chi connectivity index (χ3v) is 3.86. The summed E-state index contributed by atoms with van der Waals surface area (Å²) in [4.78, 5) is 0. The van der Waals surface area contributed by atoms with Crippen molar-refractivity contribution in [1.29, 1.82) is 0 Å². The molecule has 3 nitrogen and oxygen atoms in total. The van der Waals surface area contributed by atoms with E-state index in [4.69, 9.17) is 5.73 Å². The Hall–Kier alpha value is -2.46. The molecule has 0 spiro atoms. The fourth-order valence-electron chi connectivity index (χ4n) is 2.72. The van der Waals surface area contributed by atoms with Crippen LogP contribution in [0, 0.1) is 5.82 Å². The first-order valence-corrected chi connectivity index (χ1v) is 7.24. The summed E-state index contributed by atoms with van der Waals surface area (Å²) in [6, 6.07) is 18.7. The molecule has 3 aromatic rings. The highest BCUT2D eigenvalue weighted by Gasteiger charge is 2.20.